The molecule has 2 fully saturated rings. The van der Waals surface area contributed by atoms with Crippen LogP contribution in [0, 0.1) is 25.7 Å². The highest BCUT2D eigenvalue weighted by atomic mass is 16.4. The predicted octanol–water partition coefficient (Wildman–Crippen LogP) is 2.19. The molecular weight excluding hydrogens is 332 g/mol. The normalized spacial score (nSPS) is 31.5. The van der Waals surface area contributed by atoms with Crippen LogP contribution in [0.15, 0.2) is 18.2 Å². The van der Waals surface area contributed by atoms with Gasteiger partial charge in [-0.1, -0.05) is 23.8 Å². The molecule has 6 heteroatoms. The third-order valence-electron chi connectivity index (χ3n) is 5.67. The van der Waals surface area contributed by atoms with Gasteiger partial charge in [-0.15, -0.1) is 0 Å². The lowest BCUT2D eigenvalue weighted by molar-refractivity contribution is -0.152. The Labute approximate surface area is 153 Å². The standard InChI is InChI=1S/C20H26N2O4/c1-10-7-8-11(2)12(9-10)15-13-14(20(6,21-15)18(25)26)17(24)22(16(13)23)19(3,4)5/h7-9,13-15,21H,1-6H3,(H,25,26). The van der Waals surface area contributed by atoms with Crippen LogP contribution in [0.2, 0.25) is 0 Å². The molecule has 1 aromatic carbocycles. The summed E-state index contributed by atoms with van der Waals surface area (Å²) in [4.78, 5) is 39.6. The van der Waals surface area contributed by atoms with Gasteiger partial charge in [0.05, 0.1) is 11.8 Å². The number of benzene rings is 1. The molecule has 2 aliphatic rings. The number of aliphatic carboxylic acids is 1. The van der Waals surface area contributed by atoms with Gasteiger partial charge in [0.1, 0.15) is 5.54 Å². The topological polar surface area (TPSA) is 86.7 Å². The summed E-state index contributed by atoms with van der Waals surface area (Å²) in [7, 11) is 0. The maximum Gasteiger partial charge on any atom is 0.324 e. The van der Waals surface area contributed by atoms with Gasteiger partial charge < -0.3 is 5.11 Å². The molecule has 0 aromatic heterocycles. The summed E-state index contributed by atoms with van der Waals surface area (Å²) < 4.78 is 0. The lowest BCUT2D eigenvalue weighted by Gasteiger charge is -2.34. The molecule has 4 unspecified atom stereocenters. The van der Waals surface area contributed by atoms with Gasteiger partial charge >= 0.3 is 5.97 Å². The van der Waals surface area contributed by atoms with E-state index in [2.05, 4.69) is 5.32 Å². The largest absolute Gasteiger partial charge is 0.480 e. The molecule has 1 aromatic rings. The Hall–Kier alpha value is -2.21. The van der Waals surface area contributed by atoms with Crippen molar-refractivity contribution >= 4 is 17.8 Å². The first-order valence-corrected chi connectivity index (χ1v) is 8.85. The molecular formula is C20H26N2O4. The van der Waals surface area contributed by atoms with Crippen LogP contribution in [0.5, 0.6) is 0 Å². The van der Waals surface area contributed by atoms with Gasteiger partial charge in [0.2, 0.25) is 11.8 Å². The second-order valence-corrected chi connectivity index (χ2v) is 8.68. The van der Waals surface area contributed by atoms with E-state index in [0.29, 0.717) is 0 Å². The molecule has 2 heterocycles. The van der Waals surface area contributed by atoms with E-state index >= 15 is 0 Å². The molecule has 2 saturated heterocycles. The Balaban J connectivity index is 2.18. The number of imide groups is 1. The van der Waals surface area contributed by atoms with Crippen LogP contribution in [-0.2, 0) is 14.4 Å². The number of aryl methyl sites for hydroxylation is 2. The monoisotopic (exact) mass is 358 g/mol. The van der Waals surface area contributed by atoms with Crippen molar-refractivity contribution in [3.8, 4) is 0 Å². The number of fused-ring (bicyclic) bond motifs is 1. The second-order valence-electron chi connectivity index (χ2n) is 8.68. The maximum atomic E-state index is 13.2. The highest BCUT2D eigenvalue weighted by molar-refractivity contribution is 6.10. The summed E-state index contributed by atoms with van der Waals surface area (Å²) in [5, 5.41) is 13.0. The number of carboxylic acids is 1. The highest BCUT2D eigenvalue weighted by Gasteiger charge is 2.67. The zero-order valence-corrected chi connectivity index (χ0v) is 16.1. The van der Waals surface area contributed by atoms with E-state index in [9.17, 15) is 19.5 Å². The van der Waals surface area contributed by atoms with Crippen LogP contribution in [0.3, 0.4) is 0 Å². The van der Waals surface area contributed by atoms with Crippen LogP contribution in [0.4, 0.5) is 0 Å². The van der Waals surface area contributed by atoms with E-state index in [1.165, 1.54) is 11.8 Å². The third kappa shape index (κ3) is 2.47. The minimum atomic E-state index is -1.49. The smallest absolute Gasteiger partial charge is 0.324 e. The quantitative estimate of drug-likeness (QED) is 0.792. The van der Waals surface area contributed by atoms with E-state index in [1.54, 1.807) is 20.8 Å². The zero-order chi connectivity index (χ0) is 19.6. The fraction of sp³-hybridized carbons (Fsp3) is 0.550. The molecule has 0 radical (unpaired) electrons. The summed E-state index contributed by atoms with van der Waals surface area (Å²) in [6, 6.07) is 5.39. The van der Waals surface area contributed by atoms with E-state index in [0.717, 1.165) is 16.7 Å². The summed E-state index contributed by atoms with van der Waals surface area (Å²) >= 11 is 0. The number of likely N-dealkylation sites (tertiary alicyclic amines) is 1. The van der Waals surface area contributed by atoms with E-state index in [-0.39, 0.29) is 5.91 Å². The van der Waals surface area contributed by atoms with Crippen molar-refractivity contribution < 1.29 is 19.5 Å². The molecule has 0 spiro atoms. The van der Waals surface area contributed by atoms with Crippen molar-refractivity contribution in [2.75, 3.05) is 0 Å². The molecule has 4 atom stereocenters. The summed E-state index contributed by atoms with van der Waals surface area (Å²) in [5.41, 5.74) is 0.692. The Morgan fingerprint density at radius 1 is 1.19 bits per heavy atom. The Morgan fingerprint density at radius 3 is 2.35 bits per heavy atom. The highest BCUT2D eigenvalue weighted by Crippen LogP contribution is 2.50. The van der Waals surface area contributed by atoms with Crippen LogP contribution in [0.25, 0.3) is 0 Å². The van der Waals surface area contributed by atoms with E-state index in [1.807, 2.05) is 32.0 Å². The number of hydrogen-bond acceptors (Lipinski definition) is 4. The number of amides is 2. The van der Waals surface area contributed by atoms with Gasteiger partial charge in [-0.25, -0.2) is 0 Å². The lowest BCUT2D eigenvalue weighted by Crippen LogP contribution is -2.55. The molecule has 0 aliphatic carbocycles. The number of hydrogen-bond donors (Lipinski definition) is 2. The third-order valence-corrected chi connectivity index (χ3v) is 5.67. The Bertz CT molecular complexity index is 811. The van der Waals surface area contributed by atoms with Gasteiger partial charge in [-0.3, -0.25) is 24.6 Å². The maximum absolute atomic E-state index is 13.2. The molecule has 6 nitrogen and oxygen atoms in total. The Morgan fingerprint density at radius 2 is 1.81 bits per heavy atom. The van der Waals surface area contributed by atoms with Crippen LogP contribution in [0.1, 0.15) is 50.4 Å². The number of nitrogens with one attached hydrogen (secondary N) is 1. The first kappa shape index (κ1) is 18.6. The number of carbonyl (C=O) groups excluding carboxylic acids is 2. The molecule has 2 amide bonds. The summed E-state index contributed by atoms with van der Waals surface area (Å²) in [6.07, 6.45) is 0. The number of nitrogens with zero attached hydrogens (tertiary/aromatic N) is 1. The molecule has 2 aliphatic heterocycles. The number of rotatable bonds is 2. The number of carboxylic acid groups (broad SMARTS) is 1. The minimum Gasteiger partial charge on any atom is -0.480 e. The fourth-order valence-electron chi connectivity index (χ4n) is 4.36. The number of carbonyl (C=O) groups is 3. The molecule has 0 saturated carbocycles. The molecule has 140 valence electrons. The van der Waals surface area contributed by atoms with Gasteiger partial charge in [-0.05, 0) is 52.7 Å². The van der Waals surface area contributed by atoms with Crippen molar-refractivity contribution in [3.63, 3.8) is 0 Å². The van der Waals surface area contributed by atoms with Crippen LogP contribution in [-0.4, -0.2) is 38.9 Å². The van der Waals surface area contributed by atoms with Crippen LogP contribution < -0.4 is 5.32 Å². The first-order chi connectivity index (χ1) is 11.9. The van der Waals surface area contributed by atoms with Gasteiger partial charge in [0, 0.05) is 11.6 Å². The van der Waals surface area contributed by atoms with Crippen molar-refractivity contribution in [1.29, 1.82) is 0 Å². The summed E-state index contributed by atoms with van der Waals surface area (Å²) in [6.45, 7) is 10.8. The van der Waals surface area contributed by atoms with Gasteiger partial charge in [-0.2, -0.15) is 0 Å². The average molecular weight is 358 g/mol. The Kier molecular flexibility index (Phi) is 4.03. The lowest BCUT2D eigenvalue weighted by atomic mass is 9.80. The average Bonchev–Trinajstić information content (AvgIpc) is 2.96. The zero-order valence-electron chi connectivity index (χ0n) is 16.1. The van der Waals surface area contributed by atoms with Crippen molar-refractivity contribution in [3.05, 3.63) is 34.9 Å². The van der Waals surface area contributed by atoms with Crippen molar-refractivity contribution in [1.82, 2.24) is 10.2 Å². The van der Waals surface area contributed by atoms with Crippen LogP contribution >= 0.6 is 0 Å². The molecule has 26 heavy (non-hydrogen) atoms. The summed E-state index contributed by atoms with van der Waals surface area (Å²) in [5.74, 6) is -3.45. The first-order valence-electron chi connectivity index (χ1n) is 8.85. The predicted molar refractivity (Wildman–Crippen MR) is 96.4 cm³/mol. The van der Waals surface area contributed by atoms with Gasteiger partial charge in [0.25, 0.3) is 0 Å². The fourth-order valence-corrected chi connectivity index (χ4v) is 4.36. The molecule has 0 bridgehead atoms. The van der Waals surface area contributed by atoms with E-state index < -0.39 is 40.8 Å². The SMILES string of the molecule is Cc1ccc(C)c(C2NC(C)(C(=O)O)C3C(=O)N(C(C)(C)C)C(=O)C23)c1. The van der Waals surface area contributed by atoms with E-state index in [4.69, 9.17) is 0 Å². The van der Waals surface area contributed by atoms with Crippen molar-refractivity contribution in [2.24, 2.45) is 11.8 Å². The molecule has 3 rings (SSSR count). The molecule has 2 N–H and O–H groups in total. The second kappa shape index (κ2) is 5.64. The van der Waals surface area contributed by atoms with Gasteiger partial charge in [0.15, 0.2) is 0 Å². The van der Waals surface area contributed by atoms with Crippen molar-refractivity contribution in [2.45, 2.75) is 58.7 Å². The minimum absolute atomic E-state index is 0.295.